The van der Waals surface area contributed by atoms with Crippen LogP contribution in [0.2, 0.25) is 5.02 Å². The summed E-state index contributed by atoms with van der Waals surface area (Å²) in [6.07, 6.45) is 0. The van der Waals surface area contributed by atoms with Crippen LogP contribution in [0.5, 0.6) is 5.75 Å². The lowest BCUT2D eigenvalue weighted by molar-refractivity contribution is 0.302. The van der Waals surface area contributed by atoms with Gasteiger partial charge in [-0.1, -0.05) is 35.4 Å². The highest BCUT2D eigenvalue weighted by molar-refractivity contribution is 6.30. The van der Waals surface area contributed by atoms with Crippen molar-refractivity contribution in [3.05, 3.63) is 63.9 Å². The Balaban J connectivity index is 2.11. The van der Waals surface area contributed by atoms with Crippen molar-refractivity contribution in [2.45, 2.75) is 20.1 Å². The fourth-order valence-electron chi connectivity index (χ4n) is 1.97. The Morgan fingerprint density at radius 1 is 1.20 bits per heavy atom. The van der Waals surface area contributed by atoms with Gasteiger partial charge in [0.1, 0.15) is 18.2 Å². The van der Waals surface area contributed by atoms with Crippen molar-refractivity contribution in [2.24, 2.45) is 0 Å². The fraction of sp³-hybridized carbons (Fsp3) is 0.250. The Labute approximate surface area is 123 Å². The van der Waals surface area contributed by atoms with E-state index >= 15 is 0 Å². The van der Waals surface area contributed by atoms with Gasteiger partial charge in [0, 0.05) is 12.1 Å². The topological polar surface area (TPSA) is 21.3 Å². The molecule has 0 unspecified atom stereocenters. The molecule has 106 valence electrons. The molecule has 0 aliphatic carbocycles. The smallest absolute Gasteiger partial charge is 0.141 e. The van der Waals surface area contributed by atoms with E-state index in [1.807, 2.05) is 26.1 Å². The molecule has 0 fully saturated rings. The predicted molar refractivity (Wildman–Crippen MR) is 79.7 cm³/mol. The summed E-state index contributed by atoms with van der Waals surface area (Å²) < 4.78 is 18.9. The van der Waals surface area contributed by atoms with E-state index in [2.05, 4.69) is 11.4 Å². The molecule has 0 aliphatic heterocycles. The summed E-state index contributed by atoms with van der Waals surface area (Å²) in [6.45, 7) is 3.14. The first-order chi connectivity index (χ1) is 9.60. The lowest BCUT2D eigenvalue weighted by atomic mass is 10.1. The monoisotopic (exact) mass is 293 g/mol. The van der Waals surface area contributed by atoms with E-state index in [1.54, 1.807) is 12.1 Å². The molecule has 20 heavy (non-hydrogen) atoms. The van der Waals surface area contributed by atoms with E-state index in [0.29, 0.717) is 6.61 Å². The molecule has 2 aromatic carbocycles. The molecule has 2 rings (SSSR count). The number of hydrogen-bond donors (Lipinski definition) is 1. The normalized spacial score (nSPS) is 10.6. The number of nitrogens with one attached hydrogen (secondary N) is 1. The Kier molecular flexibility index (Phi) is 4.99. The maximum atomic E-state index is 13.1. The van der Waals surface area contributed by atoms with Gasteiger partial charge < -0.3 is 10.1 Å². The predicted octanol–water partition coefficient (Wildman–Crippen LogP) is 4.09. The molecule has 0 bridgehead atoms. The van der Waals surface area contributed by atoms with Crippen molar-refractivity contribution in [3.8, 4) is 5.75 Å². The first-order valence-corrected chi connectivity index (χ1v) is 6.79. The van der Waals surface area contributed by atoms with E-state index in [0.717, 1.165) is 23.4 Å². The zero-order chi connectivity index (χ0) is 14.5. The Bertz CT molecular complexity index is 601. The summed E-state index contributed by atoms with van der Waals surface area (Å²) in [5, 5.41) is 3.23. The molecule has 0 amide bonds. The van der Waals surface area contributed by atoms with Crippen molar-refractivity contribution in [2.75, 3.05) is 7.05 Å². The number of aryl methyl sites for hydroxylation is 1. The SMILES string of the molecule is CNCc1cc(C)ccc1OCc1ccc(F)c(Cl)c1. The lowest BCUT2D eigenvalue weighted by Crippen LogP contribution is -2.08. The van der Waals surface area contributed by atoms with Crippen LogP contribution in [-0.4, -0.2) is 7.05 Å². The van der Waals surface area contributed by atoms with E-state index in [4.69, 9.17) is 16.3 Å². The van der Waals surface area contributed by atoms with Gasteiger partial charge in [0.25, 0.3) is 0 Å². The molecular weight excluding hydrogens is 277 g/mol. The number of halogens is 2. The zero-order valence-electron chi connectivity index (χ0n) is 11.5. The molecule has 0 aromatic heterocycles. The van der Waals surface area contributed by atoms with Crippen LogP contribution in [0.15, 0.2) is 36.4 Å². The first kappa shape index (κ1) is 14.8. The summed E-state index contributed by atoms with van der Waals surface area (Å²) >= 11 is 5.76. The van der Waals surface area contributed by atoms with Crippen molar-refractivity contribution >= 4 is 11.6 Å². The quantitative estimate of drug-likeness (QED) is 0.896. The summed E-state index contributed by atoms with van der Waals surface area (Å²) in [7, 11) is 1.89. The van der Waals surface area contributed by atoms with Gasteiger partial charge in [0.15, 0.2) is 0 Å². The van der Waals surface area contributed by atoms with Crippen molar-refractivity contribution in [3.63, 3.8) is 0 Å². The van der Waals surface area contributed by atoms with E-state index < -0.39 is 5.82 Å². The first-order valence-electron chi connectivity index (χ1n) is 6.41. The summed E-state index contributed by atoms with van der Waals surface area (Å²) in [5.74, 6) is 0.409. The Morgan fingerprint density at radius 2 is 2.00 bits per heavy atom. The zero-order valence-corrected chi connectivity index (χ0v) is 12.3. The van der Waals surface area contributed by atoms with Gasteiger partial charge >= 0.3 is 0 Å². The molecule has 0 heterocycles. The molecule has 0 spiro atoms. The number of ether oxygens (including phenoxy) is 1. The average Bonchev–Trinajstić information content (AvgIpc) is 2.42. The Hall–Kier alpha value is -1.58. The van der Waals surface area contributed by atoms with Crippen LogP contribution in [0, 0.1) is 12.7 Å². The average molecular weight is 294 g/mol. The van der Waals surface area contributed by atoms with Crippen molar-refractivity contribution in [1.82, 2.24) is 5.32 Å². The molecule has 1 N–H and O–H groups in total. The minimum atomic E-state index is -0.415. The third kappa shape index (κ3) is 3.71. The molecule has 0 saturated heterocycles. The van der Waals surface area contributed by atoms with Crippen LogP contribution in [-0.2, 0) is 13.2 Å². The number of hydrogen-bond acceptors (Lipinski definition) is 2. The van der Waals surface area contributed by atoms with Gasteiger partial charge in [-0.2, -0.15) is 0 Å². The minimum Gasteiger partial charge on any atom is -0.489 e. The lowest BCUT2D eigenvalue weighted by Gasteiger charge is -2.12. The molecule has 0 aliphatic rings. The number of rotatable bonds is 5. The van der Waals surface area contributed by atoms with Crippen LogP contribution in [0.3, 0.4) is 0 Å². The second kappa shape index (κ2) is 6.73. The highest BCUT2D eigenvalue weighted by Gasteiger charge is 2.05. The summed E-state index contributed by atoms with van der Waals surface area (Å²) in [4.78, 5) is 0. The standard InChI is InChI=1S/C16H17ClFNO/c1-11-3-6-16(13(7-11)9-19-2)20-10-12-4-5-15(18)14(17)8-12/h3-8,19H,9-10H2,1-2H3. The third-order valence-electron chi connectivity index (χ3n) is 2.96. The van der Waals surface area contributed by atoms with Crippen LogP contribution in [0.25, 0.3) is 0 Å². The van der Waals surface area contributed by atoms with Crippen molar-refractivity contribution < 1.29 is 9.13 Å². The highest BCUT2D eigenvalue weighted by atomic mass is 35.5. The minimum absolute atomic E-state index is 0.116. The molecular formula is C16H17ClFNO. The highest BCUT2D eigenvalue weighted by Crippen LogP contribution is 2.22. The molecule has 0 saturated carbocycles. The van der Waals surface area contributed by atoms with Gasteiger partial charge in [0.2, 0.25) is 0 Å². The van der Waals surface area contributed by atoms with Gasteiger partial charge in [-0.25, -0.2) is 4.39 Å². The molecule has 4 heteroatoms. The second-order valence-electron chi connectivity index (χ2n) is 4.68. The summed E-state index contributed by atoms with van der Waals surface area (Å²) in [5.41, 5.74) is 3.13. The van der Waals surface area contributed by atoms with Crippen LogP contribution in [0.4, 0.5) is 4.39 Å². The molecule has 2 nitrogen and oxygen atoms in total. The largest absolute Gasteiger partial charge is 0.489 e. The second-order valence-corrected chi connectivity index (χ2v) is 5.09. The van der Waals surface area contributed by atoms with Crippen LogP contribution < -0.4 is 10.1 Å². The van der Waals surface area contributed by atoms with Gasteiger partial charge in [-0.3, -0.25) is 0 Å². The van der Waals surface area contributed by atoms with Gasteiger partial charge in [-0.05, 0) is 37.7 Å². The summed E-state index contributed by atoms with van der Waals surface area (Å²) in [6, 6.07) is 10.7. The van der Waals surface area contributed by atoms with Crippen molar-refractivity contribution in [1.29, 1.82) is 0 Å². The maximum Gasteiger partial charge on any atom is 0.141 e. The molecule has 0 atom stereocenters. The molecule has 2 aromatic rings. The fourth-order valence-corrected chi connectivity index (χ4v) is 2.17. The molecule has 0 radical (unpaired) electrons. The van der Waals surface area contributed by atoms with Crippen LogP contribution >= 0.6 is 11.6 Å². The van der Waals surface area contributed by atoms with E-state index in [-0.39, 0.29) is 5.02 Å². The third-order valence-corrected chi connectivity index (χ3v) is 3.25. The van der Waals surface area contributed by atoms with Gasteiger partial charge in [0.05, 0.1) is 5.02 Å². The number of benzene rings is 2. The van der Waals surface area contributed by atoms with E-state index in [9.17, 15) is 4.39 Å². The van der Waals surface area contributed by atoms with Crippen LogP contribution in [0.1, 0.15) is 16.7 Å². The van der Waals surface area contributed by atoms with E-state index in [1.165, 1.54) is 11.6 Å². The van der Waals surface area contributed by atoms with Gasteiger partial charge in [-0.15, -0.1) is 0 Å². The maximum absolute atomic E-state index is 13.1. The Morgan fingerprint density at radius 3 is 2.70 bits per heavy atom.